The van der Waals surface area contributed by atoms with E-state index in [1.54, 1.807) is 20.8 Å². The molecular weight excluding hydrogens is 297 g/mol. The van der Waals surface area contributed by atoms with Crippen molar-refractivity contribution in [1.82, 2.24) is 10.2 Å². The molecule has 0 aromatic heterocycles. The van der Waals surface area contributed by atoms with Crippen molar-refractivity contribution in [3.8, 4) is 0 Å². The van der Waals surface area contributed by atoms with Crippen molar-refractivity contribution < 1.29 is 22.8 Å². The lowest BCUT2D eigenvalue weighted by Crippen LogP contribution is -2.40. The number of rotatable bonds is 7. The van der Waals surface area contributed by atoms with Crippen LogP contribution >= 0.6 is 0 Å². The Hall–Kier alpha value is -1.27. The predicted octanol–water partition coefficient (Wildman–Crippen LogP) is 2.73. The molecule has 1 aliphatic rings. The third-order valence-electron chi connectivity index (χ3n) is 3.43. The lowest BCUT2D eigenvalue weighted by Gasteiger charge is -2.24. The van der Waals surface area contributed by atoms with Gasteiger partial charge in [0.15, 0.2) is 0 Å². The number of nitrogens with zero attached hydrogens (tertiary/aromatic N) is 1. The molecule has 1 saturated carbocycles. The summed E-state index contributed by atoms with van der Waals surface area (Å²) in [6.45, 7) is 4.62. The standard InChI is InChI=1S/C15H25F3N2O2/c1-14(2,3)13(22)19-8-4-5-12(21)20(9-11-6-7-11)10-15(16,17)18/h11H,4-10H2,1-3H3,(H,19,22). The first-order chi connectivity index (χ1) is 9.99. The van der Waals surface area contributed by atoms with Gasteiger partial charge in [0, 0.05) is 24.9 Å². The van der Waals surface area contributed by atoms with E-state index in [-0.39, 0.29) is 24.8 Å². The molecule has 0 atom stereocenters. The number of halogens is 3. The monoisotopic (exact) mass is 322 g/mol. The van der Waals surface area contributed by atoms with Gasteiger partial charge in [0.05, 0.1) is 0 Å². The van der Waals surface area contributed by atoms with Gasteiger partial charge in [0.2, 0.25) is 11.8 Å². The van der Waals surface area contributed by atoms with Crippen LogP contribution in [-0.2, 0) is 9.59 Å². The van der Waals surface area contributed by atoms with Crippen molar-refractivity contribution >= 4 is 11.8 Å². The lowest BCUT2D eigenvalue weighted by atomic mass is 9.96. The highest BCUT2D eigenvalue weighted by molar-refractivity contribution is 5.81. The maximum absolute atomic E-state index is 12.5. The highest BCUT2D eigenvalue weighted by Gasteiger charge is 2.35. The van der Waals surface area contributed by atoms with E-state index in [9.17, 15) is 22.8 Å². The van der Waals surface area contributed by atoms with Crippen LogP contribution in [0.2, 0.25) is 0 Å². The molecule has 0 unspecified atom stereocenters. The third kappa shape index (κ3) is 7.66. The Morgan fingerprint density at radius 1 is 1.18 bits per heavy atom. The first-order valence-electron chi connectivity index (χ1n) is 7.62. The summed E-state index contributed by atoms with van der Waals surface area (Å²) in [5.74, 6) is -0.411. The summed E-state index contributed by atoms with van der Waals surface area (Å²) in [5.41, 5.74) is -0.516. The van der Waals surface area contributed by atoms with E-state index in [2.05, 4.69) is 5.32 Å². The van der Waals surface area contributed by atoms with Crippen molar-refractivity contribution in [3.05, 3.63) is 0 Å². The number of hydrogen-bond acceptors (Lipinski definition) is 2. The molecule has 2 amide bonds. The molecule has 0 heterocycles. The zero-order valence-electron chi connectivity index (χ0n) is 13.4. The zero-order chi connectivity index (χ0) is 17.0. The van der Waals surface area contributed by atoms with Gasteiger partial charge >= 0.3 is 6.18 Å². The molecule has 0 radical (unpaired) electrons. The molecule has 0 aromatic rings. The highest BCUT2D eigenvalue weighted by atomic mass is 19.4. The SMILES string of the molecule is CC(C)(C)C(=O)NCCCC(=O)N(CC1CC1)CC(F)(F)F. The molecule has 0 aliphatic heterocycles. The fourth-order valence-corrected chi connectivity index (χ4v) is 1.95. The van der Waals surface area contributed by atoms with Crippen LogP contribution in [0.5, 0.6) is 0 Å². The van der Waals surface area contributed by atoms with Gasteiger partial charge in [0.25, 0.3) is 0 Å². The Labute approximate surface area is 129 Å². The van der Waals surface area contributed by atoms with E-state index >= 15 is 0 Å². The van der Waals surface area contributed by atoms with Crippen molar-refractivity contribution in [3.63, 3.8) is 0 Å². The first kappa shape index (κ1) is 18.8. The second-order valence-corrected chi connectivity index (χ2v) is 6.94. The van der Waals surface area contributed by atoms with Crippen molar-refractivity contribution in [2.24, 2.45) is 11.3 Å². The Morgan fingerprint density at radius 3 is 2.23 bits per heavy atom. The Bertz CT molecular complexity index is 399. The molecular formula is C15H25F3N2O2. The number of hydrogen-bond donors (Lipinski definition) is 1. The van der Waals surface area contributed by atoms with Gasteiger partial charge in [0.1, 0.15) is 6.54 Å². The average Bonchev–Trinajstić information content (AvgIpc) is 3.14. The molecule has 1 N–H and O–H groups in total. The van der Waals surface area contributed by atoms with Gasteiger partial charge in [-0.2, -0.15) is 13.2 Å². The Balaban J connectivity index is 2.35. The molecule has 1 rings (SSSR count). The maximum Gasteiger partial charge on any atom is 0.406 e. The summed E-state index contributed by atoms with van der Waals surface area (Å²) in [5, 5.41) is 2.69. The largest absolute Gasteiger partial charge is 0.406 e. The number of amides is 2. The molecule has 22 heavy (non-hydrogen) atoms. The highest BCUT2D eigenvalue weighted by Crippen LogP contribution is 2.31. The van der Waals surface area contributed by atoms with E-state index in [0.717, 1.165) is 17.7 Å². The quantitative estimate of drug-likeness (QED) is 0.733. The third-order valence-corrected chi connectivity index (χ3v) is 3.43. The number of alkyl halides is 3. The van der Waals surface area contributed by atoms with Gasteiger partial charge in [-0.1, -0.05) is 20.8 Å². The fraction of sp³-hybridized carbons (Fsp3) is 0.867. The second kappa shape index (κ2) is 7.33. The van der Waals surface area contributed by atoms with Gasteiger partial charge in [-0.25, -0.2) is 0 Å². The molecule has 1 fully saturated rings. The Morgan fingerprint density at radius 2 is 1.77 bits per heavy atom. The van der Waals surface area contributed by atoms with Crippen molar-refractivity contribution in [2.45, 2.75) is 52.6 Å². The second-order valence-electron chi connectivity index (χ2n) is 6.94. The van der Waals surface area contributed by atoms with E-state index in [4.69, 9.17) is 0 Å². The molecule has 0 bridgehead atoms. The normalized spacial score (nSPS) is 15.5. The number of nitrogens with one attached hydrogen (secondary N) is 1. The topological polar surface area (TPSA) is 49.4 Å². The van der Waals surface area contributed by atoms with Crippen LogP contribution < -0.4 is 5.32 Å². The summed E-state index contributed by atoms with van der Waals surface area (Å²) in [7, 11) is 0. The molecule has 0 aromatic carbocycles. The van der Waals surface area contributed by atoms with E-state index in [0.29, 0.717) is 13.0 Å². The Kier molecular flexibility index (Phi) is 6.26. The summed E-state index contributed by atoms with van der Waals surface area (Å²) < 4.78 is 37.5. The van der Waals surface area contributed by atoms with E-state index in [1.807, 2.05) is 0 Å². The van der Waals surface area contributed by atoms with Crippen LogP contribution in [-0.4, -0.2) is 42.5 Å². The van der Waals surface area contributed by atoms with Gasteiger partial charge < -0.3 is 10.2 Å². The molecule has 4 nitrogen and oxygen atoms in total. The maximum atomic E-state index is 12.5. The zero-order valence-corrected chi connectivity index (χ0v) is 13.4. The van der Waals surface area contributed by atoms with Crippen LogP contribution in [0.1, 0.15) is 46.5 Å². The smallest absolute Gasteiger partial charge is 0.356 e. The van der Waals surface area contributed by atoms with Crippen LogP contribution in [0.3, 0.4) is 0 Å². The van der Waals surface area contributed by atoms with E-state index in [1.165, 1.54) is 0 Å². The molecule has 0 spiro atoms. The number of carbonyl (C=O) groups excluding carboxylic acids is 2. The van der Waals surface area contributed by atoms with Crippen molar-refractivity contribution in [1.29, 1.82) is 0 Å². The van der Waals surface area contributed by atoms with Crippen LogP contribution in [0.25, 0.3) is 0 Å². The van der Waals surface area contributed by atoms with Crippen molar-refractivity contribution in [2.75, 3.05) is 19.6 Å². The summed E-state index contributed by atoms with van der Waals surface area (Å²) >= 11 is 0. The first-order valence-corrected chi connectivity index (χ1v) is 7.62. The van der Waals surface area contributed by atoms with Gasteiger partial charge in [-0.15, -0.1) is 0 Å². The average molecular weight is 322 g/mol. The minimum absolute atomic E-state index is 0.0211. The fourth-order valence-electron chi connectivity index (χ4n) is 1.95. The van der Waals surface area contributed by atoms with Gasteiger partial charge in [-0.3, -0.25) is 9.59 Å². The van der Waals surface area contributed by atoms with Crippen LogP contribution in [0.15, 0.2) is 0 Å². The molecule has 1 aliphatic carbocycles. The summed E-state index contributed by atoms with van der Waals surface area (Å²) in [6.07, 6.45) is -2.22. The minimum atomic E-state index is -4.37. The van der Waals surface area contributed by atoms with E-state index < -0.39 is 24.0 Å². The molecule has 0 saturated heterocycles. The molecule has 7 heteroatoms. The summed E-state index contributed by atoms with van der Waals surface area (Å²) in [4.78, 5) is 24.5. The van der Waals surface area contributed by atoms with Gasteiger partial charge in [-0.05, 0) is 25.2 Å². The van der Waals surface area contributed by atoms with Crippen LogP contribution in [0.4, 0.5) is 13.2 Å². The van der Waals surface area contributed by atoms with Crippen LogP contribution in [0, 0.1) is 11.3 Å². The molecule has 128 valence electrons. The predicted molar refractivity (Wildman–Crippen MR) is 77.1 cm³/mol. The minimum Gasteiger partial charge on any atom is -0.356 e. The lowest BCUT2D eigenvalue weighted by molar-refractivity contribution is -0.161. The summed E-state index contributed by atoms with van der Waals surface area (Å²) in [6, 6.07) is 0. The number of carbonyl (C=O) groups is 2.